The summed E-state index contributed by atoms with van der Waals surface area (Å²) in [5.74, 6) is 2.32. The van der Waals surface area contributed by atoms with Gasteiger partial charge in [-0.25, -0.2) is 20.3 Å². The molecule has 0 fully saturated rings. The lowest BCUT2D eigenvalue weighted by Gasteiger charge is -2.26. The molecule has 4 N–H and O–H groups in total. The van der Waals surface area contributed by atoms with Gasteiger partial charge < -0.3 is 15.7 Å². The molecule has 0 saturated carbocycles. The summed E-state index contributed by atoms with van der Waals surface area (Å²) < 4.78 is 3.19. The molecule has 4 heterocycles. The second-order valence-corrected chi connectivity index (χ2v) is 6.48. The van der Waals surface area contributed by atoms with Crippen LogP contribution in [0.3, 0.4) is 0 Å². The molecule has 1 amide bonds. The first-order valence-corrected chi connectivity index (χ1v) is 9.59. The van der Waals surface area contributed by atoms with Crippen LogP contribution >= 0.6 is 0 Å². The van der Waals surface area contributed by atoms with Gasteiger partial charge in [0.1, 0.15) is 17.2 Å². The van der Waals surface area contributed by atoms with E-state index in [1.807, 2.05) is 18.1 Å². The van der Waals surface area contributed by atoms with Crippen LogP contribution < -0.4 is 21.1 Å². The average Bonchev–Trinajstić information content (AvgIpc) is 3.49. The van der Waals surface area contributed by atoms with Crippen molar-refractivity contribution in [2.45, 2.75) is 0 Å². The van der Waals surface area contributed by atoms with Crippen molar-refractivity contribution >= 4 is 29.1 Å². The van der Waals surface area contributed by atoms with Gasteiger partial charge in [-0.1, -0.05) is 0 Å². The zero-order valence-electron chi connectivity index (χ0n) is 17.0. The van der Waals surface area contributed by atoms with Crippen molar-refractivity contribution in [2.24, 2.45) is 0 Å². The van der Waals surface area contributed by atoms with Crippen LogP contribution in [-0.2, 0) is 9.63 Å². The van der Waals surface area contributed by atoms with Gasteiger partial charge in [0, 0.05) is 31.7 Å². The van der Waals surface area contributed by atoms with Gasteiger partial charge in [-0.05, 0) is 24.3 Å². The number of nitrogens with zero attached hydrogens (tertiary/aromatic N) is 5. The molecule has 0 aliphatic carbocycles. The molecule has 12 heteroatoms. The molecule has 164 valence electrons. The number of nitrogens with one attached hydrogen (secondary N) is 3. The molecule has 3 aromatic rings. The Bertz CT molecular complexity index is 1240. The Morgan fingerprint density at radius 2 is 2.12 bits per heavy atom. The molecule has 1 aliphatic heterocycles. The second-order valence-electron chi connectivity index (χ2n) is 6.48. The molecule has 0 unspecified atom stereocenters. The molecule has 32 heavy (non-hydrogen) atoms. The maximum atomic E-state index is 12.4. The standard InChI is InChI=1S/C20H20N8O4/c1-21-18-11-17(24-19-14(12-22-28(18)19)20(31)25-32-10-9-29)23-15-5-4-8-27(16(15)13-30)26-6-2-3-7-26/h2-8,11-12,21,29H,9-10H2,1H3,(H,23,24)(H,25,31). The third kappa shape index (κ3) is 3.96. The number of amides is 1. The van der Waals surface area contributed by atoms with Crippen LogP contribution in [0.15, 0.2) is 66.5 Å². The number of aliphatic hydroxyl groups is 1. The van der Waals surface area contributed by atoms with Gasteiger partial charge in [0.25, 0.3) is 5.91 Å². The fourth-order valence-corrected chi connectivity index (χ4v) is 3.08. The van der Waals surface area contributed by atoms with Crippen LogP contribution in [0, 0.1) is 0 Å². The number of aliphatic hydroxyl groups excluding tert-OH is 1. The molecule has 0 saturated heterocycles. The van der Waals surface area contributed by atoms with Crippen molar-refractivity contribution in [1.29, 1.82) is 0 Å². The van der Waals surface area contributed by atoms with Gasteiger partial charge in [-0.2, -0.15) is 9.61 Å². The van der Waals surface area contributed by atoms with Crippen LogP contribution in [-0.4, -0.2) is 56.5 Å². The Balaban J connectivity index is 1.66. The molecule has 12 nitrogen and oxygen atoms in total. The van der Waals surface area contributed by atoms with Gasteiger partial charge in [0.05, 0.1) is 25.1 Å². The smallest absolute Gasteiger partial charge is 0.280 e. The van der Waals surface area contributed by atoms with E-state index in [9.17, 15) is 9.59 Å². The first-order chi connectivity index (χ1) is 15.7. The lowest BCUT2D eigenvalue weighted by Crippen LogP contribution is -2.31. The molecule has 3 aromatic heterocycles. The molecular formula is C20H20N8O4. The van der Waals surface area contributed by atoms with E-state index in [0.29, 0.717) is 17.3 Å². The van der Waals surface area contributed by atoms with Gasteiger partial charge in [-0.15, -0.1) is 0 Å². The second kappa shape index (κ2) is 9.18. The fraction of sp³-hybridized carbons (Fsp3) is 0.150. The predicted molar refractivity (Wildman–Crippen MR) is 116 cm³/mol. The zero-order chi connectivity index (χ0) is 22.5. The van der Waals surface area contributed by atoms with Crippen LogP contribution in [0.2, 0.25) is 0 Å². The van der Waals surface area contributed by atoms with E-state index >= 15 is 0 Å². The summed E-state index contributed by atoms with van der Waals surface area (Å²) in [7, 11) is 1.71. The summed E-state index contributed by atoms with van der Waals surface area (Å²) in [6.07, 6.45) is 10.2. The number of allylic oxidation sites excluding steroid dienone is 2. The fourth-order valence-electron chi connectivity index (χ4n) is 3.08. The van der Waals surface area contributed by atoms with E-state index in [-0.39, 0.29) is 30.1 Å². The largest absolute Gasteiger partial charge is 0.394 e. The van der Waals surface area contributed by atoms with Crippen molar-refractivity contribution in [3.05, 3.63) is 72.1 Å². The Labute approximate surface area is 182 Å². The van der Waals surface area contributed by atoms with E-state index in [0.717, 1.165) is 0 Å². The van der Waals surface area contributed by atoms with Crippen molar-refractivity contribution in [1.82, 2.24) is 24.8 Å². The maximum Gasteiger partial charge on any atom is 0.280 e. The predicted octanol–water partition coefficient (Wildman–Crippen LogP) is 0.403. The molecule has 1 aliphatic rings. The van der Waals surface area contributed by atoms with E-state index in [2.05, 4.69) is 26.2 Å². The Kier molecular flexibility index (Phi) is 5.99. The monoisotopic (exact) mass is 436 g/mol. The molecule has 0 radical (unpaired) electrons. The minimum absolute atomic E-state index is 0.0483. The summed E-state index contributed by atoms with van der Waals surface area (Å²) in [6, 6.07) is 5.37. The lowest BCUT2D eigenvalue weighted by atomic mass is 10.2. The minimum atomic E-state index is -0.563. The maximum absolute atomic E-state index is 12.4. The number of hydroxylamine groups is 1. The summed E-state index contributed by atoms with van der Waals surface area (Å²) in [5, 5.41) is 20.7. The van der Waals surface area contributed by atoms with Gasteiger partial charge in [0.15, 0.2) is 17.3 Å². The SMILES string of the molecule is CNc1cc(NC2=CC=CN(n3cccc3)C2=C=O)nc2c(C(=O)NOCCO)cnn12. The van der Waals surface area contributed by atoms with Crippen LogP contribution in [0.4, 0.5) is 11.6 Å². The summed E-state index contributed by atoms with van der Waals surface area (Å²) in [4.78, 5) is 33.6. The summed E-state index contributed by atoms with van der Waals surface area (Å²) in [5.41, 5.74) is 3.38. The highest BCUT2D eigenvalue weighted by atomic mass is 16.7. The number of fused-ring (bicyclic) bond motifs is 1. The van der Waals surface area contributed by atoms with Gasteiger partial charge in [0.2, 0.25) is 0 Å². The number of anilines is 2. The summed E-state index contributed by atoms with van der Waals surface area (Å²) >= 11 is 0. The van der Waals surface area contributed by atoms with Crippen molar-refractivity contribution in [2.75, 3.05) is 35.9 Å². The number of hydrogen-bond donors (Lipinski definition) is 4. The lowest BCUT2D eigenvalue weighted by molar-refractivity contribution is 0.0169. The summed E-state index contributed by atoms with van der Waals surface area (Å²) in [6.45, 7) is -0.283. The van der Waals surface area contributed by atoms with E-state index in [4.69, 9.17) is 9.94 Å². The molecule has 0 aromatic carbocycles. The van der Waals surface area contributed by atoms with Crippen molar-refractivity contribution < 1.29 is 19.5 Å². The Hall–Kier alpha value is -4.38. The Morgan fingerprint density at radius 1 is 1.31 bits per heavy atom. The van der Waals surface area contributed by atoms with Crippen molar-refractivity contribution in [3.8, 4) is 0 Å². The normalized spacial score (nSPS) is 13.1. The van der Waals surface area contributed by atoms with E-state index in [1.54, 1.807) is 53.5 Å². The third-order valence-electron chi connectivity index (χ3n) is 4.50. The first kappa shape index (κ1) is 20.9. The number of carbonyl (C=O) groups is 1. The number of rotatable bonds is 8. The minimum Gasteiger partial charge on any atom is -0.394 e. The zero-order valence-corrected chi connectivity index (χ0v) is 17.0. The quantitative estimate of drug-likeness (QED) is 0.225. The van der Waals surface area contributed by atoms with Crippen LogP contribution in [0.1, 0.15) is 10.4 Å². The van der Waals surface area contributed by atoms with E-state index < -0.39 is 5.91 Å². The van der Waals surface area contributed by atoms with Crippen LogP contribution in [0.25, 0.3) is 5.65 Å². The molecule has 0 spiro atoms. The topological polar surface area (TPSA) is 138 Å². The Morgan fingerprint density at radius 3 is 2.84 bits per heavy atom. The highest BCUT2D eigenvalue weighted by molar-refractivity contribution is 5.99. The molecule has 4 rings (SSSR count). The third-order valence-corrected chi connectivity index (χ3v) is 4.50. The first-order valence-electron chi connectivity index (χ1n) is 9.59. The number of hydrogen-bond acceptors (Lipinski definition) is 9. The van der Waals surface area contributed by atoms with Gasteiger partial charge >= 0.3 is 0 Å². The highest BCUT2D eigenvalue weighted by Crippen LogP contribution is 2.23. The van der Waals surface area contributed by atoms with Crippen molar-refractivity contribution in [3.63, 3.8) is 0 Å². The van der Waals surface area contributed by atoms with Crippen LogP contribution in [0.5, 0.6) is 0 Å². The number of aromatic nitrogens is 4. The molecular weight excluding hydrogens is 416 g/mol. The average molecular weight is 436 g/mol. The molecule has 0 bridgehead atoms. The highest BCUT2D eigenvalue weighted by Gasteiger charge is 2.21. The van der Waals surface area contributed by atoms with Gasteiger partial charge in [-0.3, -0.25) is 14.3 Å². The molecule has 0 atom stereocenters. The number of carbonyl (C=O) groups excluding carboxylic acids is 2. The van der Waals surface area contributed by atoms with E-state index in [1.165, 1.54) is 10.7 Å².